The number of nitrogens with zero attached hydrogens (tertiary/aromatic N) is 1. The number of nitrogens with one attached hydrogen (secondary N) is 3. The van der Waals surface area contributed by atoms with Crippen LogP contribution in [-0.4, -0.2) is 18.5 Å². The van der Waals surface area contributed by atoms with Crippen molar-refractivity contribution in [2.45, 2.75) is 12.3 Å². The van der Waals surface area contributed by atoms with E-state index >= 15 is 0 Å². The number of fused-ring (bicyclic) bond motifs is 1. The molecule has 0 aliphatic carbocycles. The molecular weight excluding hydrogens is 304 g/mol. The molecule has 6 nitrogen and oxygen atoms in total. The molecule has 0 saturated heterocycles. The van der Waals surface area contributed by atoms with E-state index in [2.05, 4.69) is 16.0 Å². The maximum Gasteiger partial charge on any atom is 0.319 e. The number of carbonyl (C=O) groups is 2. The summed E-state index contributed by atoms with van der Waals surface area (Å²) in [4.78, 5) is 23.9. The number of benzene rings is 2. The molecule has 1 aliphatic rings. The second-order valence-electron chi connectivity index (χ2n) is 5.49. The molecule has 0 bridgehead atoms. The zero-order valence-corrected chi connectivity index (χ0v) is 12.9. The summed E-state index contributed by atoms with van der Waals surface area (Å²) in [6, 6.07) is 15.9. The van der Waals surface area contributed by atoms with Crippen LogP contribution in [-0.2, 0) is 4.79 Å². The lowest BCUT2D eigenvalue weighted by molar-refractivity contribution is -0.117. The molecule has 1 aliphatic heterocycles. The molecule has 3 N–H and O–H groups in total. The number of hydrogen-bond acceptors (Lipinski definition) is 3. The molecule has 0 saturated carbocycles. The van der Waals surface area contributed by atoms with Crippen LogP contribution in [0.25, 0.3) is 0 Å². The van der Waals surface area contributed by atoms with Crippen LogP contribution < -0.4 is 16.0 Å². The van der Waals surface area contributed by atoms with E-state index in [0.29, 0.717) is 24.2 Å². The highest BCUT2D eigenvalue weighted by Gasteiger charge is 2.29. The van der Waals surface area contributed by atoms with Crippen LogP contribution in [0.5, 0.6) is 0 Å². The van der Waals surface area contributed by atoms with Gasteiger partial charge in [-0.25, -0.2) is 4.79 Å². The molecule has 0 aromatic heterocycles. The van der Waals surface area contributed by atoms with Gasteiger partial charge >= 0.3 is 6.03 Å². The Balaban J connectivity index is 1.50. The highest BCUT2D eigenvalue weighted by atomic mass is 16.2. The van der Waals surface area contributed by atoms with Crippen LogP contribution in [0.1, 0.15) is 23.5 Å². The first-order valence-corrected chi connectivity index (χ1v) is 7.62. The van der Waals surface area contributed by atoms with Crippen LogP contribution in [0.3, 0.4) is 0 Å². The predicted octanol–water partition coefficient (Wildman–Crippen LogP) is 2.81. The van der Waals surface area contributed by atoms with Crippen molar-refractivity contribution in [1.29, 1.82) is 5.26 Å². The Kier molecular flexibility index (Phi) is 4.43. The Labute approximate surface area is 139 Å². The number of rotatable bonds is 4. The molecule has 1 atom stereocenters. The van der Waals surface area contributed by atoms with Gasteiger partial charge in [0.1, 0.15) is 0 Å². The average molecular weight is 320 g/mol. The van der Waals surface area contributed by atoms with Gasteiger partial charge in [0.05, 0.1) is 17.6 Å². The van der Waals surface area contributed by atoms with Crippen molar-refractivity contribution in [3.05, 3.63) is 59.7 Å². The topological polar surface area (TPSA) is 94.0 Å². The molecule has 6 heteroatoms. The largest absolute Gasteiger partial charge is 0.338 e. The molecule has 3 amide bonds. The number of urea groups is 1. The minimum atomic E-state index is -0.341. The first-order chi connectivity index (χ1) is 11.7. The zero-order valence-electron chi connectivity index (χ0n) is 12.9. The standard InChI is InChI=1S/C18H16N4O2/c19-11-12-5-7-13(8-6-12)21-18(24)20-10-9-15-14-3-1-2-4-16(14)22-17(15)23/h1-8,15H,9-10H2,(H,22,23)(H2,20,21,24)/t15-/m0/s1. The lowest BCUT2D eigenvalue weighted by atomic mass is 9.97. The molecule has 2 aromatic carbocycles. The van der Waals surface area contributed by atoms with Crippen molar-refractivity contribution in [1.82, 2.24) is 5.32 Å². The van der Waals surface area contributed by atoms with Gasteiger partial charge in [-0.1, -0.05) is 18.2 Å². The van der Waals surface area contributed by atoms with Gasteiger partial charge in [-0.05, 0) is 42.3 Å². The lowest BCUT2D eigenvalue weighted by Gasteiger charge is -2.11. The van der Waals surface area contributed by atoms with Crippen LogP contribution in [0.2, 0.25) is 0 Å². The van der Waals surface area contributed by atoms with Crippen LogP contribution >= 0.6 is 0 Å². The average Bonchev–Trinajstić information content (AvgIpc) is 2.91. The lowest BCUT2D eigenvalue weighted by Crippen LogP contribution is -2.31. The summed E-state index contributed by atoms with van der Waals surface area (Å²) >= 11 is 0. The molecule has 0 spiro atoms. The van der Waals surface area contributed by atoms with Crippen molar-refractivity contribution in [2.75, 3.05) is 17.2 Å². The fourth-order valence-electron chi connectivity index (χ4n) is 2.70. The summed E-state index contributed by atoms with van der Waals surface area (Å²) in [5, 5.41) is 17.0. The van der Waals surface area contributed by atoms with Gasteiger partial charge in [0.25, 0.3) is 0 Å². The Morgan fingerprint density at radius 1 is 1.17 bits per heavy atom. The van der Waals surface area contributed by atoms with E-state index in [1.165, 1.54) is 0 Å². The van der Waals surface area contributed by atoms with E-state index < -0.39 is 0 Å². The third-order valence-electron chi connectivity index (χ3n) is 3.90. The molecule has 2 aromatic rings. The molecule has 120 valence electrons. The fourth-order valence-corrected chi connectivity index (χ4v) is 2.70. The SMILES string of the molecule is N#Cc1ccc(NC(=O)NCC[C@@H]2C(=O)Nc3ccccc32)cc1. The van der Waals surface area contributed by atoms with Crippen LogP contribution in [0.15, 0.2) is 48.5 Å². The highest BCUT2D eigenvalue weighted by Crippen LogP contribution is 2.33. The zero-order chi connectivity index (χ0) is 16.9. The molecule has 0 fully saturated rings. The predicted molar refractivity (Wildman–Crippen MR) is 90.6 cm³/mol. The van der Waals surface area contributed by atoms with Gasteiger partial charge in [-0.3, -0.25) is 4.79 Å². The van der Waals surface area contributed by atoms with Gasteiger partial charge in [0, 0.05) is 17.9 Å². The number of amides is 3. The minimum absolute atomic E-state index is 0.0366. The van der Waals surface area contributed by atoms with Crippen molar-refractivity contribution in [2.24, 2.45) is 0 Å². The molecule has 24 heavy (non-hydrogen) atoms. The van der Waals surface area contributed by atoms with Gasteiger partial charge in [0.2, 0.25) is 5.91 Å². The smallest absolute Gasteiger partial charge is 0.319 e. The summed E-state index contributed by atoms with van der Waals surface area (Å²) in [7, 11) is 0. The Bertz CT molecular complexity index is 809. The summed E-state index contributed by atoms with van der Waals surface area (Å²) in [6.07, 6.45) is 0.531. The summed E-state index contributed by atoms with van der Waals surface area (Å²) < 4.78 is 0. The van der Waals surface area contributed by atoms with E-state index in [1.807, 2.05) is 30.3 Å². The second kappa shape index (κ2) is 6.84. The van der Waals surface area contributed by atoms with Gasteiger partial charge in [-0.2, -0.15) is 5.26 Å². The number of nitriles is 1. The van der Waals surface area contributed by atoms with Gasteiger partial charge in [-0.15, -0.1) is 0 Å². The Morgan fingerprint density at radius 3 is 2.67 bits per heavy atom. The summed E-state index contributed by atoms with van der Waals surface area (Å²) in [6.45, 7) is 0.383. The molecule has 1 heterocycles. The van der Waals surface area contributed by atoms with E-state index in [-0.39, 0.29) is 17.9 Å². The van der Waals surface area contributed by atoms with Crippen molar-refractivity contribution in [3.8, 4) is 6.07 Å². The molecular formula is C18H16N4O2. The maximum atomic E-state index is 12.0. The fraction of sp³-hybridized carbons (Fsp3) is 0.167. The normalized spacial score (nSPS) is 15.1. The first-order valence-electron chi connectivity index (χ1n) is 7.62. The van der Waals surface area contributed by atoms with Crippen molar-refractivity contribution >= 4 is 23.3 Å². The monoisotopic (exact) mass is 320 g/mol. The molecule has 0 radical (unpaired) electrons. The van der Waals surface area contributed by atoms with Crippen LogP contribution in [0, 0.1) is 11.3 Å². The summed E-state index contributed by atoms with van der Waals surface area (Å²) in [5.41, 5.74) is 2.95. The molecule has 0 unspecified atom stereocenters. The van der Waals surface area contributed by atoms with E-state index in [0.717, 1.165) is 11.3 Å². The Morgan fingerprint density at radius 2 is 1.92 bits per heavy atom. The second-order valence-corrected chi connectivity index (χ2v) is 5.49. The number of hydrogen-bond donors (Lipinski definition) is 3. The van der Waals surface area contributed by atoms with E-state index in [9.17, 15) is 9.59 Å². The van der Waals surface area contributed by atoms with E-state index in [4.69, 9.17) is 5.26 Å². The third-order valence-corrected chi connectivity index (χ3v) is 3.90. The minimum Gasteiger partial charge on any atom is -0.338 e. The maximum absolute atomic E-state index is 12.0. The van der Waals surface area contributed by atoms with Crippen molar-refractivity contribution < 1.29 is 9.59 Å². The van der Waals surface area contributed by atoms with Gasteiger partial charge < -0.3 is 16.0 Å². The third kappa shape index (κ3) is 3.36. The van der Waals surface area contributed by atoms with Crippen LogP contribution in [0.4, 0.5) is 16.2 Å². The van der Waals surface area contributed by atoms with Crippen molar-refractivity contribution in [3.63, 3.8) is 0 Å². The number of para-hydroxylation sites is 1. The molecule has 3 rings (SSSR count). The first kappa shape index (κ1) is 15.6. The van der Waals surface area contributed by atoms with Gasteiger partial charge in [0.15, 0.2) is 0 Å². The quantitative estimate of drug-likeness (QED) is 0.808. The van der Waals surface area contributed by atoms with E-state index in [1.54, 1.807) is 24.3 Å². The number of anilines is 2. The summed E-state index contributed by atoms with van der Waals surface area (Å²) in [5.74, 6) is -0.276. The number of carbonyl (C=O) groups excluding carboxylic acids is 2. The Hall–Kier alpha value is -3.33. The highest BCUT2D eigenvalue weighted by molar-refractivity contribution is 6.02.